The van der Waals surface area contributed by atoms with Crippen molar-refractivity contribution in [1.29, 1.82) is 0 Å². The molecule has 1 aliphatic rings. The van der Waals surface area contributed by atoms with E-state index in [1.807, 2.05) is 30.3 Å². The van der Waals surface area contributed by atoms with Crippen molar-refractivity contribution < 1.29 is 13.2 Å². The molecule has 3 aromatic rings. The van der Waals surface area contributed by atoms with Crippen LogP contribution in [-0.2, 0) is 10.0 Å². The first-order valence-corrected chi connectivity index (χ1v) is 13.2. The van der Waals surface area contributed by atoms with Crippen molar-refractivity contribution in [3.63, 3.8) is 0 Å². The lowest BCUT2D eigenvalue weighted by molar-refractivity contribution is 0.165. The van der Waals surface area contributed by atoms with Gasteiger partial charge in [-0.2, -0.15) is 4.31 Å². The topological polar surface area (TPSA) is 62.7 Å². The number of ether oxygens (including phenoxy) is 1. The first-order chi connectivity index (χ1) is 15.9. The Morgan fingerprint density at radius 3 is 2.61 bits per heavy atom. The molecule has 0 spiro atoms. The average Bonchev–Trinajstić information content (AvgIpc) is 2.84. The number of sulfonamides is 1. The van der Waals surface area contributed by atoms with Crippen LogP contribution in [0.4, 0.5) is 0 Å². The van der Waals surface area contributed by atoms with Crippen molar-refractivity contribution in [3.05, 3.63) is 65.9 Å². The summed E-state index contributed by atoms with van der Waals surface area (Å²) in [6, 6.07) is 14.6. The summed E-state index contributed by atoms with van der Waals surface area (Å²) >= 11 is 5.89. The summed E-state index contributed by atoms with van der Waals surface area (Å²) in [6.07, 6.45) is 7.05. The van der Waals surface area contributed by atoms with Crippen LogP contribution in [0.5, 0.6) is 5.75 Å². The van der Waals surface area contributed by atoms with Crippen LogP contribution in [0.15, 0.2) is 65.8 Å². The molecule has 1 aromatic heterocycles. The molecule has 0 saturated carbocycles. The summed E-state index contributed by atoms with van der Waals surface area (Å²) in [5.74, 6) is 0.840. The highest BCUT2D eigenvalue weighted by atomic mass is 35.5. The van der Waals surface area contributed by atoms with Crippen LogP contribution in [0.25, 0.3) is 10.8 Å². The zero-order valence-electron chi connectivity index (χ0n) is 18.9. The van der Waals surface area contributed by atoms with E-state index in [1.165, 1.54) is 0 Å². The Labute approximate surface area is 201 Å². The number of likely N-dealkylation sites (tertiary alicyclic amines) is 1. The molecule has 4 rings (SSSR count). The van der Waals surface area contributed by atoms with Crippen LogP contribution in [0, 0.1) is 0 Å². The first kappa shape index (κ1) is 24.0. The third kappa shape index (κ3) is 5.84. The van der Waals surface area contributed by atoms with E-state index >= 15 is 0 Å². The molecule has 0 aliphatic carbocycles. The number of benzene rings is 2. The van der Waals surface area contributed by atoms with E-state index in [4.69, 9.17) is 16.3 Å². The second-order valence-corrected chi connectivity index (χ2v) is 10.9. The van der Waals surface area contributed by atoms with Crippen LogP contribution < -0.4 is 4.74 Å². The van der Waals surface area contributed by atoms with Gasteiger partial charge in [-0.1, -0.05) is 23.7 Å². The largest absolute Gasteiger partial charge is 0.494 e. The number of pyridine rings is 1. The third-order valence-corrected chi connectivity index (χ3v) is 8.54. The zero-order chi connectivity index (χ0) is 23.3. The smallest absolute Gasteiger partial charge is 0.243 e. The van der Waals surface area contributed by atoms with Crippen molar-refractivity contribution in [1.82, 2.24) is 14.2 Å². The van der Waals surface area contributed by atoms with Gasteiger partial charge in [-0.05, 0) is 81.7 Å². The van der Waals surface area contributed by atoms with Crippen LogP contribution in [0.1, 0.15) is 25.7 Å². The fourth-order valence-corrected chi connectivity index (χ4v) is 6.09. The van der Waals surface area contributed by atoms with E-state index in [1.54, 1.807) is 41.9 Å². The van der Waals surface area contributed by atoms with Gasteiger partial charge in [0, 0.05) is 41.3 Å². The number of aromatic nitrogens is 1. The minimum absolute atomic E-state index is 0.0107. The summed E-state index contributed by atoms with van der Waals surface area (Å²) in [5, 5.41) is 2.26. The minimum atomic E-state index is -3.57. The normalized spacial score (nSPS) is 15.8. The van der Waals surface area contributed by atoms with Gasteiger partial charge in [0.1, 0.15) is 5.75 Å². The molecule has 1 aliphatic heterocycles. The first-order valence-electron chi connectivity index (χ1n) is 11.4. The monoisotopic (exact) mass is 487 g/mol. The highest BCUT2D eigenvalue weighted by molar-refractivity contribution is 7.89. The van der Waals surface area contributed by atoms with Crippen LogP contribution >= 0.6 is 11.6 Å². The standard InChI is InChI=1S/C25H30ClN3O3S/c1-28(33(30,31)25-6-4-5-20-19-27-14-11-24(20)25)22-12-16-29(17-13-22)15-2-3-18-32-23-9-7-21(26)8-10-23/h4-11,14,19,22H,2-3,12-13,15-18H2,1H3. The Morgan fingerprint density at radius 1 is 1.09 bits per heavy atom. The van der Waals surface area contributed by atoms with E-state index in [0.29, 0.717) is 16.5 Å². The molecule has 176 valence electrons. The molecule has 33 heavy (non-hydrogen) atoms. The predicted octanol–water partition coefficient (Wildman–Crippen LogP) is 4.83. The molecule has 2 aromatic carbocycles. The van der Waals surface area contributed by atoms with Gasteiger partial charge in [0.05, 0.1) is 11.5 Å². The van der Waals surface area contributed by atoms with Gasteiger partial charge in [0.15, 0.2) is 0 Å². The number of unbranched alkanes of at least 4 members (excludes halogenated alkanes) is 1. The van der Waals surface area contributed by atoms with Gasteiger partial charge in [-0.15, -0.1) is 0 Å². The quantitative estimate of drug-likeness (QED) is 0.404. The summed E-state index contributed by atoms with van der Waals surface area (Å²) in [4.78, 5) is 6.88. The molecule has 0 bridgehead atoms. The number of hydrogen-bond donors (Lipinski definition) is 0. The lowest BCUT2D eigenvalue weighted by Crippen LogP contribution is -2.45. The van der Waals surface area contributed by atoms with Gasteiger partial charge >= 0.3 is 0 Å². The zero-order valence-corrected chi connectivity index (χ0v) is 20.4. The predicted molar refractivity (Wildman–Crippen MR) is 132 cm³/mol. The summed E-state index contributed by atoms with van der Waals surface area (Å²) in [5.41, 5.74) is 0. The molecule has 0 atom stereocenters. The van der Waals surface area contributed by atoms with Crippen molar-refractivity contribution in [3.8, 4) is 5.75 Å². The van der Waals surface area contributed by atoms with Crippen molar-refractivity contribution in [2.45, 2.75) is 36.6 Å². The molecule has 0 unspecified atom stereocenters. The third-order valence-electron chi connectivity index (χ3n) is 6.32. The van der Waals surface area contributed by atoms with Crippen molar-refractivity contribution >= 4 is 32.4 Å². The molecule has 0 amide bonds. The molecule has 0 N–H and O–H groups in total. The number of halogens is 1. The number of hydrogen-bond acceptors (Lipinski definition) is 5. The second kappa shape index (κ2) is 10.8. The van der Waals surface area contributed by atoms with Gasteiger partial charge in [0.2, 0.25) is 10.0 Å². The Kier molecular flexibility index (Phi) is 7.86. The Bertz CT molecular complexity index is 1160. The van der Waals surface area contributed by atoms with E-state index in [-0.39, 0.29) is 6.04 Å². The van der Waals surface area contributed by atoms with Crippen LogP contribution in [0.2, 0.25) is 5.02 Å². The molecular weight excluding hydrogens is 458 g/mol. The number of fused-ring (bicyclic) bond motifs is 1. The molecular formula is C25H30ClN3O3S. The highest BCUT2D eigenvalue weighted by Gasteiger charge is 2.31. The maximum Gasteiger partial charge on any atom is 0.243 e. The fourth-order valence-electron chi connectivity index (χ4n) is 4.33. The van der Waals surface area contributed by atoms with Gasteiger partial charge in [-0.25, -0.2) is 8.42 Å². The lowest BCUT2D eigenvalue weighted by atomic mass is 10.1. The molecule has 6 nitrogen and oxygen atoms in total. The summed E-state index contributed by atoms with van der Waals surface area (Å²) in [6.45, 7) is 3.49. The lowest BCUT2D eigenvalue weighted by Gasteiger charge is -2.36. The Morgan fingerprint density at radius 2 is 1.85 bits per heavy atom. The minimum Gasteiger partial charge on any atom is -0.494 e. The Hall–Kier alpha value is -2.19. The summed E-state index contributed by atoms with van der Waals surface area (Å²) < 4.78 is 34.1. The molecule has 2 heterocycles. The van der Waals surface area contributed by atoms with Gasteiger partial charge in [0.25, 0.3) is 0 Å². The van der Waals surface area contributed by atoms with Gasteiger partial charge < -0.3 is 9.64 Å². The maximum absolute atomic E-state index is 13.4. The molecule has 0 radical (unpaired) electrons. The number of nitrogens with zero attached hydrogens (tertiary/aromatic N) is 3. The van der Waals surface area contributed by atoms with E-state index < -0.39 is 10.0 Å². The molecule has 1 saturated heterocycles. The SMILES string of the molecule is CN(C1CCN(CCCCOc2ccc(Cl)cc2)CC1)S(=O)(=O)c1cccc2cnccc12. The summed E-state index contributed by atoms with van der Waals surface area (Å²) in [7, 11) is -1.86. The van der Waals surface area contributed by atoms with Crippen molar-refractivity contribution in [2.24, 2.45) is 0 Å². The second-order valence-electron chi connectivity index (χ2n) is 8.46. The maximum atomic E-state index is 13.4. The number of piperidine rings is 1. The van der Waals surface area contributed by atoms with E-state index in [9.17, 15) is 8.42 Å². The highest BCUT2D eigenvalue weighted by Crippen LogP contribution is 2.28. The van der Waals surface area contributed by atoms with E-state index in [0.717, 1.165) is 61.8 Å². The number of rotatable bonds is 9. The van der Waals surface area contributed by atoms with Crippen molar-refractivity contribution in [2.75, 3.05) is 33.3 Å². The fraction of sp³-hybridized carbons (Fsp3) is 0.400. The van der Waals surface area contributed by atoms with Crippen LogP contribution in [0.3, 0.4) is 0 Å². The van der Waals surface area contributed by atoms with Crippen LogP contribution in [-0.4, -0.2) is 61.9 Å². The molecule has 1 fully saturated rings. The Balaban J connectivity index is 1.24. The average molecular weight is 488 g/mol. The van der Waals surface area contributed by atoms with E-state index in [2.05, 4.69) is 9.88 Å². The molecule has 8 heteroatoms. The van der Waals surface area contributed by atoms with Gasteiger partial charge in [-0.3, -0.25) is 4.98 Å².